The van der Waals surface area contributed by atoms with E-state index in [4.69, 9.17) is 32.1 Å². The Morgan fingerprint density at radius 1 is 0.750 bits per heavy atom. The number of nitriles is 2. The van der Waals surface area contributed by atoms with Gasteiger partial charge in [0.1, 0.15) is 42.8 Å². The van der Waals surface area contributed by atoms with Crippen LogP contribution in [-0.4, -0.2) is 51.3 Å². The number of hydrogen-bond acceptors (Lipinski definition) is 10. The van der Waals surface area contributed by atoms with Gasteiger partial charge in [-0.2, -0.15) is 8.42 Å². The summed E-state index contributed by atoms with van der Waals surface area (Å²) in [6.45, 7) is 13.5. The maximum atomic E-state index is 12.4. The van der Waals surface area contributed by atoms with Crippen LogP contribution in [0, 0.1) is 35.8 Å². The first kappa shape index (κ1) is 32.3. The van der Waals surface area contributed by atoms with Gasteiger partial charge in [-0.05, 0) is 36.4 Å². The Bertz CT molecular complexity index is 1950. The molecule has 14 heteroatoms. The van der Waals surface area contributed by atoms with Crippen LogP contribution in [0.15, 0.2) is 71.6 Å². The summed E-state index contributed by atoms with van der Waals surface area (Å²) >= 11 is 0. The lowest BCUT2D eigenvalue weighted by molar-refractivity contribution is 0.0437. The number of benzene rings is 3. The van der Waals surface area contributed by atoms with Gasteiger partial charge >= 0.3 is 11.9 Å². The molecule has 0 unspecified atom stereocenters. The average Bonchev–Trinajstić information content (AvgIpc) is 3.03. The molecule has 0 radical (unpaired) electrons. The average molecular weight is 613 g/mol. The molecule has 3 aromatic rings. The highest BCUT2D eigenvalue weighted by Gasteiger charge is 2.21. The maximum Gasteiger partial charge on any atom is 0.339 e. The summed E-state index contributed by atoms with van der Waals surface area (Å²) in [4.78, 5) is 30.3. The smallest absolute Gasteiger partial charge is 0.339 e. The molecule has 0 saturated heterocycles. The van der Waals surface area contributed by atoms with E-state index in [-0.39, 0.29) is 41.8 Å². The zero-order valence-corrected chi connectivity index (χ0v) is 23.4. The zero-order valence-electron chi connectivity index (χ0n) is 22.6. The van der Waals surface area contributed by atoms with Crippen molar-refractivity contribution in [1.29, 1.82) is 10.5 Å². The Balaban J connectivity index is 1.84. The first-order valence-electron chi connectivity index (χ1n) is 12.3. The van der Waals surface area contributed by atoms with Gasteiger partial charge in [0.05, 0.1) is 36.4 Å². The van der Waals surface area contributed by atoms with Gasteiger partial charge in [0.25, 0.3) is 21.5 Å². The van der Waals surface area contributed by atoms with Crippen molar-refractivity contribution in [2.75, 3.05) is 26.4 Å². The molecular formula is C30H20N4O9S. The van der Waals surface area contributed by atoms with Crippen molar-refractivity contribution >= 4 is 33.5 Å². The van der Waals surface area contributed by atoms with E-state index >= 15 is 0 Å². The Morgan fingerprint density at radius 2 is 1.23 bits per heavy atom. The highest BCUT2D eigenvalue weighted by molar-refractivity contribution is 7.86. The van der Waals surface area contributed by atoms with Crippen LogP contribution in [0.5, 0.6) is 11.5 Å². The highest BCUT2D eigenvalue weighted by Crippen LogP contribution is 2.17. The summed E-state index contributed by atoms with van der Waals surface area (Å²) < 4.78 is 54.0. The molecule has 0 fully saturated rings. The van der Waals surface area contributed by atoms with Gasteiger partial charge in [-0.25, -0.2) is 29.8 Å². The summed E-state index contributed by atoms with van der Waals surface area (Å²) in [6.07, 6.45) is 0. The standard InChI is InChI=1S/C30H20N4O9S/c1-33-24(18-31)22-17-27(41-13-15-43-30(36)21-10-6-7-11-28(21)44(37,38)39)23(25(19-32)34-2)16-26(22)40-12-14-42-29(35)20-8-4-3-5-9-20/h3-11,16-17H,12-15H2,(H,37,38,39)/b24-22-,25-23+. The molecule has 0 heterocycles. The fourth-order valence-electron chi connectivity index (χ4n) is 3.63. The molecular weight excluding hydrogens is 592 g/mol. The van der Waals surface area contributed by atoms with Crippen LogP contribution in [0.1, 0.15) is 20.7 Å². The number of carbonyl (C=O) groups is 2. The molecule has 0 aliphatic heterocycles. The first-order valence-corrected chi connectivity index (χ1v) is 13.8. The minimum absolute atomic E-state index is 0.0445. The van der Waals surface area contributed by atoms with E-state index in [0.717, 1.165) is 12.1 Å². The quantitative estimate of drug-likeness (QED) is 0.145. The van der Waals surface area contributed by atoms with Crippen LogP contribution < -0.4 is 19.9 Å². The van der Waals surface area contributed by atoms with Gasteiger partial charge in [-0.15, -0.1) is 0 Å². The highest BCUT2D eigenvalue weighted by atomic mass is 32.2. The summed E-state index contributed by atoms with van der Waals surface area (Å²) in [5.41, 5.74) is -0.921. The number of hydrogen-bond donors (Lipinski definition) is 1. The van der Waals surface area contributed by atoms with Crippen LogP contribution >= 0.6 is 0 Å². The molecule has 3 aromatic carbocycles. The predicted octanol–water partition coefficient (Wildman–Crippen LogP) is 2.51. The van der Waals surface area contributed by atoms with E-state index in [1.165, 1.54) is 24.3 Å². The molecule has 0 saturated carbocycles. The van der Waals surface area contributed by atoms with Crippen molar-refractivity contribution < 1.29 is 41.5 Å². The fraction of sp³-hybridized carbons (Fsp3) is 0.133. The number of carbonyl (C=O) groups excluding carboxylic acids is 2. The Morgan fingerprint density at radius 3 is 1.70 bits per heavy atom. The molecule has 220 valence electrons. The second-order valence-corrected chi connectivity index (χ2v) is 9.68. The monoisotopic (exact) mass is 612 g/mol. The third-order valence-electron chi connectivity index (χ3n) is 5.57. The van der Waals surface area contributed by atoms with Crippen molar-refractivity contribution in [3.05, 3.63) is 111 Å². The lowest BCUT2D eigenvalue weighted by atomic mass is 10.1. The van der Waals surface area contributed by atoms with Gasteiger partial charge in [-0.3, -0.25) is 4.55 Å². The molecule has 0 aliphatic carbocycles. The second-order valence-electron chi connectivity index (χ2n) is 8.29. The van der Waals surface area contributed by atoms with Crippen molar-refractivity contribution in [1.82, 2.24) is 0 Å². The topological polar surface area (TPSA) is 182 Å². The SMILES string of the molecule is [C-]#[N+]/C(C#N)=c1/cc(OCCOC(=O)c2ccccc2S(=O)(=O)O)/c(=C(\C#N)[N+]#[C-])cc1OCCOC(=O)c1ccccc1. The van der Waals surface area contributed by atoms with Crippen LogP contribution in [-0.2, 0) is 19.6 Å². The summed E-state index contributed by atoms with van der Waals surface area (Å²) in [7, 11) is -4.70. The van der Waals surface area contributed by atoms with Crippen molar-refractivity contribution in [3.63, 3.8) is 0 Å². The van der Waals surface area contributed by atoms with E-state index in [1.54, 1.807) is 42.5 Å². The van der Waals surface area contributed by atoms with Crippen molar-refractivity contribution in [2.45, 2.75) is 4.90 Å². The minimum atomic E-state index is -4.70. The van der Waals surface area contributed by atoms with E-state index in [0.29, 0.717) is 5.56 Å². The molecule has 0 spiro atoms. The van der Waals surface area contributed by atoms with Gasteiger partial charge in [0.2, 0.25) is 0 Å². The van der Waals surface area contributed by atoms with Crippen LogP contribution in [0.4, 0.5) is 0 Å². The normalized spacial score (nSPS) is 11.8. The molecule has 3 rings (SSSR count). The first-order chi connectivity index (χ1) is 21.1. The van der Waals surface area contributed by atoms with E-state index in [1.807, 2.05) is 0 Å². The fourth-order valence-corrected chi connectivity index (χ4v) is 4.31. The molecule has 44 heavy (non-hydrogen) atoms. The van der Waals surface area contributed by atoms with E-state index < -0.39 is 50.5 Å². The maximum absolute atomic E-state index is 12.4. The Labute approximate surface area is 251 Å². The van der Waals surface area contributed by atoms with Gasteiger partial charge in [0, 0.05) is 10.4 Å². The minimum Gasteiger partial charge on any atom is -0.491 e. The van der Waals surface area contributed by atoms with Crippen LogP contribution in [0.25, 0.3) is 21.1 Å². The van der Waals surface area contributed by atoms with Crippen molar-refractivity contribution in [3.8, 4) is 23.6 Å². The van der Waals surface area contributed by atoms with E-state index in [2.05, 4.69) is 9.69 Å². The Kier molecular flexibility index (Phi) is 11.1. The van der Waals surface area contributed by atoms with E-state index in [9.17, 15) is 33.1 Å². The number of nitrogens with zero attached hydrogens (tertiary/aromatic N) is 4. The molecule has 1 N–H and O–H groups in total. The molecule has 0 amide bonds. The number of rotatable bonds is 11. The molecule has 0 aromatic heterocycles. The van der Waals surface area contributed by atoms with Crippen molar-refractivity contribution in [2.24, 2.45) is 0 Å². The molecule has 0 bridgehead atoms. The summed E-state index contributed by atoms with van der Waals surface area (Å²) in [5, 5.41) is 18.9. The third-order valence-corrected chi connectivity index (χ3v) is 6.48. The second kappa shape index (κ2) is 15.2. The van der Waals surface area contributed by atoms with Crippen LogP contribution in [0.2, 0.25) is 0 Å². The molecule has 0 aliphatic rings. The third kappa shape index (κ3) is 8.19. The number of ether oxygens (including phenoxy) is 4. The molecule has 13 nitrogen and oxygen atoms in total. The van der Waals surface area contributed by atoms with Gasteiger partial charge in [-0.1, -0.05) is 30.3 Å². The number of esters is 2. The summed E-state index contributed by atoms with van der Waals surface area (Å²) in [6, 6.07) is 18.9. The zero-order chi connectivity index (χ0) is 32.1. The van der Waals surface area contributed by atoms with Gasteiger partial charge in [0.15, 0.2) is 0 Å². The predicted molar refractivity (Wildman–Crippen MR) is 151 cm³/mol. The van der Waals surface area contributed by atoms with Gasteiger partial charge < -0.3 is 18.9 Å². The Hall–Kier alpha value is -6.19. The summed E-state index contributed by atoms with van der Waals surface area (Å²) in [5.74, 6) is -1.86. The molecule has 0 atom stereocenters. The lowest BCUT2D eigenvalue weighted by Crippen LogP contribution is -2.23. The lowest BCUT2D eigenvalue weighted by Gasteiger charge is -2.13. The van der Waals surface area contributed by atoms with Crippen LogP contribution in [0.3, 0.4) is 0 Å². The largest absolute Gasteiger partial charge is 0.491 e.